The van der Waals surface area contributed by atoms with Crippen molar-refractivity contribution in [3.8, 4) is 0 Å². The maximum absolute atomic E-state index is 12.4. The predicted molar refractivity (Wildman–Crippen MR) is 92.7 cm³/mol. The van der Waals surface area contributed by atoms with Crippen LogP contribution in [0.3, 0.4) is 0 Å². The minimum Gasteiger partial charge on any atom is -0.462 e. The summed E-state index contributed by atoms with van der Waals surface area (Å²) in [5.41, 5.74) is 1.56. The molecule has 1 aliphatic rings. The third kappa shape index (κ3) is 3.24. The molecule has 2 heterocycles. The number of ether oxygens (including phenoxy) is 1. The van der Waals surface area contributed by atoms with E-state index in [0.29, 0.717) is 23.1 Å². The Kier molecular flexibility index (Phi) is 5.04. The molecule has 3 rings (SSSR count). The normalized spacial score (nSPS) is 16.5. The van der Waals surface area contributed by atoms with Crippen molar-refractivity contribution < 1.29 is 18.7 Å². The van der Waals surface area contributed by atoms with Crippen LogP contribution in [0.5, 0.6) is 0 Å². The molecule has 1 aliphatic carbocycles. The van der Waals surface area contributed by atoms with Gasteiger partial charge in [-0.15, -0.1) is 11.3 Å². The quantitative estimate of drug-likeness (QED) is 0.820. The van der Waals surface area contributed by atoms with Gasteiger partial charge in [-0.1, -0.05) is 13.3 Å². The second-order valence-electron chi connectivity index (χ2n) is 5.88. The Morgan fingerprint density at radius 1 is 1.42 bits per heavy atom. The van der Waals surface area contributed by atoms with E-state index in [1.807, 2.05) is 0 Å². The lowest BCUT2D eigenvalue weighted by atomic mass is 9.85. The Labute approximate surface area is 145 Å². The first-order valence-corrected chi connectivity index (χ1v) is 9.12. The molecular formula is C18H21NO4S. The average molecular weight is 347 g/mol. The number of carbonyl (C=O) groups excluding carboxylic acids is 2. The second-order valence-corrected chi connectivity index (χ2v) is 6.98. The molecular weight excluding hydrogens is 326 g/mol. The molecule has 24 heavy (non-hydrogen) atoms. The molecule has 1 amide bonds. The van der Waals surface area contributed by atoms with E-state index in [1.165, 1.54) is 22.5 Å². The van der Waals surface area contributed by atoms with Crippen molar-refractivity contribution in [2.45, 2.75) is 39.5 Å². The number of furan rings is 1. The van der Waals surface area contributed by atoms with Crippen LogP contribution in [-0.2, 0) is 17.6 Å². The Morgan fingerprint density at radius 3 is 2.92 bits per heavy atom. The highest BCUT2D eigenvalue weighted by molar-refractivity contribution is 7.17. The molecule has 6 heteroatoms. The monoisotopic (exact) mass is 347 g/mol. The lowest BCUT2D eigenvalue weighted by Gasteiger charge is -2.20. The minimum absolute atomic E-state index is 0.225. The van der Waals surface area contributed by atoms with Gasteiger partial charge in [0.1, 0.15) is 5.00 Å². The zero-order chi connectivity index (χ0) is 17.1. The summed E-state index contributed by atoms with van der Waals surface area (Å²) in [7, 11) is 0. The van der Waals surface area contributed by atoms with E-state index in [0.717, 1.165) is 31.2 Å². The molecule has 1 atom stereocenters. The number of carbonyl (C=O) groups is 2. The fourth-order valence-electron chi connectivity index (χ4n) is 3.08. The van der Waals surface area contributed by atoms with Crippen molar-refractivity contribution in [1.82, 2.24) is 0 Å². The molecule has 1 N–H and O–H groups in total. The summed E-state index contributed by atoms with van der Waals surface area (Å²) < 4.78 is 10.3. The number of hydrogen-bond donors (Lipinski definition) is 1. The van der Waals surface area contributed by atoms with E-state index in [2.05, 4.69) is 12.2 Å². The number of thiophene rings is 1. The number of hydrogen-bond acceptors (Lipinski definition) is 5. The van der Waals surface area contributed by atoms with E-state index in [4.69, 9.17) is 9.15 Å². The van der Waals surface area contributed by atoms with Crippen LogP contribution in [0.2, 0.25) is 0 Å². The number of rotatable bonds is 5. The van der Waals surface area contributed by atoms with Gasteiger partial charge in [0.05, 0.1) is 18.4 Å². The molecule has 0 radical (unpaired) electrons. The van der Waals surface area contributed by atoms with E-state index in [-0.39, 0.29) is 17.6 Å². The van der Waals surface area contributed by atoms with Gasteiger partial charge in [0.25, 0.3) is 5.91 Å². The number of anilines is 1. The van der Waals surface area contributed by atoms with Gasteiger partial charge in [-0.3, -0.25) is 4.79 Å². The number of amides is 1. The van der Waals surface area contributed by atoms with Crippen LogP contribution < -0.4 is 5.32 Å². The van der Waals surface area contributed by atoms with Gasteiger partial charge in [-0.05, 0) is 49.8 Å². The Bertz CT molecular complexity index is 733. The van der Waals surface area contributed by atoms with Gasteiger partial charge in [-0.2, -0.15) is 0 Å². The molecule has 0 aromatic carbocycles. The lowest BCUT2D eigenvalue weighted by Crippen LogP contribution is -2.17. The molecule has 0 unspecified atom stereocenters. The van der Waals surface area contributed by atoms with Crippen LogP contribution in [-0.4, -0.2) is 18.5 Å². The summed E-state index contributed by atoms with van der Waals surface area (Å²) in [5.74, 6) is 0.151. The highest BCUT2D eigenvalue weighted by Crippen LogP contribution is 2.41. The Hall–Kier alpha value is -2.08. The van der Waals surface area contributed by atoms with Crippen LogP contribution in [0.4, 0.5) is 5.00 Å². The van der Waals surface area contributed by atoms with E-state index in [1.54, 1.807) is 19.1 Å². The largest absolute Gasteiger partial charge is 0.462 e. The Morgan fingerprint density at radius 2 is 2.25 bits per heavy atom. The molecule has 0 aliphatic heterocycles. The first-order chi connectivity index (χ1) is 11.6. The molecule has 0 saturated carbocycles. The maximum atomic E-state index is 12.4. The SMILES string of the molecule is CCOC(=O)c1c(NC(=O)c2ccco2)sc2c1CC[C@H](CC)C2. The highest BCUT2D eigenvalue weighted by atomic mass is 32.1. The van der Waals surface area contributed by atoms with Gasteiger partial charge in [0.2, 0.25) is 0 Å². The first-order valence-electron chi connectivity index (χ1n) is 8.30. The summed E-state index contributed by atoms with van der Waals surface area (Å²) in [6, 6.07) is 3.26. The predicted octanol–water partition coefficient (Wildman–Crippen LogP) is 4.29. The third-order valence-electron chi connectivity index (χ3n) is 4.40. The molecule has 2 aromatic heterocycles. The smallest absolute Gasteiger partial charge is 0.341 e. The summed E-state index contributed by atoms with van der Waals surface area (Å²) in [6.07, 6.45) is 5.46. The summed E-state index contributed by atoms with van der Waals surface area (Å²) in [6.45, 7) is 4.28. The van der Waals surface area contributed by atoms with E-state index in [9.17, 15) is 9.59 Å². The minimum atomic E-state index is -0.361. The van der Waals surface area contributed by atoms with Gasteiger partial charge in [-0.25, -0.2) is 4.79 Å². The summed E-state index contributed by atoms with van der Waals surface area (Å²) in [5, 5.41) is 3.39. The van der Waals surface area contributed by atoms with Gasteiger partial charge in [0.15, 0.2) is 5.76 Å². The van der Waals surface area contributed by atoms with Gasteiger partial charge in [0, 0.05) is 4.88 Å². The lowest BCUT2D eigenvalue weighted by molar-refractivity contribution is 0.0526. The van der Waals surface area contributed by atoms with E-state index < -0.39 is 0 Å². The second kappa shape index (κ2) is 7.21. The van der Waals surface area contributed by atoms with E-state index >= 15 is 0 Å². The summed E-state index contributed by atoms with van der Waals surface area (Å²) in [4.78, 5) is 25.9. The topological polar surface area (TPSA) is 68.5 Å². The molecule has 0 fully saturated rings. The zero-order valence-corrected chi connectivity index (χ0v) is 14.7. The zero-order valence-electron chi connectivity index (χ0n) is 13.9. The van der Waals surface area contributed by atoms with Crippen molar-refractivity contribution in [2.24, 2.45) is 5.92 Å². The van der Waals surface area contributed by atoms with Crippen LogP contribution >= 0.6 is 11.3 Å². The number of nitrogens with one attached hydrogen (secondary N) is 1. The maximum Gasteiger partial charge on any atom is 0.341 e. The van der Waals surface area contributed by atoms with Crippen molar-refractivity contribution in [2.75, 3.05) is 11.9 Å². The Balaban J connectivity index is 1.93. The number of fused-ring (bicyclic) bond motifs is 1. The third-order valence-corrected chi connectivity index (χ3v) is 5.57. The highest BCUT2D eigenvalue weighted by Gasteiger charge is 2.30. The van der Waals surface area contributed by atoms with Crippen molar-refractivity contribution in [3.05, 3.63) is 40.2 Å². The molecule has 2 aromatic rings. The fourth-order valence-corrected chi connectivity index (χ4v) is 4.43. The van der Waals surface area contributed by atoms with Gasteiger partial charge < -0.3 is 14.5 Å². The van der Waals surface area contributed by atoms with Crippen LogP contribution in [0.15, 0.2) is 22.8 Å². The molecule has 5 nitrogen and oxygen atoms in total. The van der Waals surface area contributed by atoms with Crippen molar-refractivity contribution in [1.29, 1.82) is 0 Å². The molecule has 0 bridgehead atoms. The van der Waals surface area contributed by atoms with Crippen LogP contribution in [0, 0.1) is 5.92 Å². The molecule has 0 spiro atoms. The summed E-state index contributed by atoms with van der Waals surface area (Å²) >= 11 is 1.49. The van der Waals surface area contributed by atoms with Crippen molar-refractivity contribution in [3.63, 3.8) is 0 Å². The van der Waals surface area contributed by atoms with Crippen molar-refractivity contribution >= 4 is 28.2 Å². The standard InChI is InChI=1S/C18H21NO4S/c1-3-11-7-8-12-14(10-11)24-17(15(12)18(21)22-4-2)19-16(20)13-6-5-9-23-13/h5-6,9,11H,3-4,7-8,10H2,1-2H3,(H,19,20)/t11-/m0/s1. The van der Waals surface area contributed by atoms with Crippen LogP contribution in [0.1, 0.15) is 58.0 Å². The van der Waals surface area contributed by atoms with Gasteiger partial charge >= 0.3 is 5.97 Å². The average Bonchev–Trinajstić information content (AvgIpc) is 3.21. The first kappa shape index (κ1) is 16.8. The molecule has 0 saturated heterocycles. The fraction of sp³-hybridized carbons (Fsp3) is 0.444. The molecule has 128 valence electrons. The number of esters is 1. The van der Waals surface area contributed by atoms with Crippen LogP contribution in [0.25, 0.3) is 0 Å².